The van der Waals surface area contributed by atoms with E-state index in [4.69, 9.17) is 0 Å². The Hall–Kier alpha value is -2.61. The molecule has 3 rings (SSSR count). The van der Waals surface area contributed by atoms with Crippen LogP contribution >= 0.6 is 11.3 Å². The van der Waals surface area contributed by atoms with E-state index in [0.717, 1.165) is 17.0 Å². The third-order valence-electron chi connectivity index (χ3n) is 3.08. The minimum atomic E-state index is -0.162. The highest BCUT2D eigenvalue weighted by atomic mass is 32.1. The Balaban J connectivity index is 1.81. The fourth-order valence-corrected chi connectivity index (χ4v) is 2.73. The quantitative estimate of drug-likeness (QED) is 0.797. The van der Waals surface area contributed by atoms with E-state index in [1.54, 1.807) is 17.9 Å². The van der Waals surface area contributed by atoms with E-state index < -0.39 is 0 Å². The molecule has 7 nitrogen and oxygen atoms in total. The van der Waals surface area contributed by atoms with Crippen LogP contribution in [0.1, 0.15) is 21.6 Å². The third-order valence-corrected chi connectivity index (χ3v) is 4.22. The Morgan fingerprint density at radius 3 is 2.95 bits per heavy atom. The Morgan fingerprint density at radius 1 is 1.41 bits per heavy atom. The second kappa shape index (κ2) is 6.02. The van der Waals surface area contributed by atoms with E-state index in [9.17, 15) is 4.79 Å². The number of carbonyl (C=O) groups excluding carboxylic acids is 1. The summed E-state index contributed by atoms with van der Waals surface area (Å²) in [6, 6.07) is 7.41. The average Bonchev–Trinajstić information content (AvgIpc) is 3.16. The zero-order valence-electron chi connectivity index (χ0n) is 12.1. The Labute approximate surface area is 131 Å². The normalized spacial score (nSPS) is 10.6. The molecule has 0 atom stereocenters. The van der Waals surface area contributed by atoms with Crippen LogP contribution in [0.2, 0.25) is 0 Å². The molecule has 112 valence electrons. The topological polar surface area (TPSA) is 85.6 Å². The molecule has 0 radical (unpaired) electrons. The summed E-state index contributed by atoms with van der Waals surface area (Å²) in [5.74, 6) is 0.479. The largest absolute Gasteiger partial charge is 0.321 e. The fourth-order valence-electron chi connectivity index (χ4n) is 1.98. The van der Waals surface area contributed by atoms with E-state index >= 15 is 0 Å². The number of hydrogen-bond acceptors (Lipinski definition) is 6. The minimum Gasteiger partial charge on any atom is -0.321 e. The minimum absolute atomic E-state index is 0.162. The summed E-state index contributed by atoms with van der Waals surface area (Å²) in [5, 5.41) is 15.2. The third kappa shape index (κ3) is 2.86. The van der Waals surface area contributed by atoms with Gasteiger partial charge >= 0.3 is 0 Å². The average molecular weight is 314 g/mol. The van der Waals surface area contributed by atoms with E-state index in [-0.39, 0.29) is 5.91 Å². The molecule has 1 aromatic carbocycles. The summed E-state index contributed by atoms with van der Waals surface area (Å²) < 4.78 is 1.58. The molecule has 0 aliphatic rings. The van der Waals surface area contributed by atoms with Crippen molar-refractivity contribution in [3.63, 3.8) is 0 Å². The first-order valence-electron chi connectivity index (χ1n) is 6.76. The maximum atomic E-state index is 12.2. The number of carbonyl (C=O) groups is 1. The van der Waals surface area contributed by atoms with Crippen molar-refractivity contribution in [2.75, 3.05) is 5.32 Å². The van der Waals surface area contributed by atoms with Crippen molar-refractivity contribution in [3.05, 3.63) is 40.3 Å². The van der Waals surface area contributed by atoms with Gasteiger partial charge in [0.15, 0.2) is 5.82 Å². The molecule has 2 heterocycles. The van der Waals surface area contributed by atoms with Crippen LogP contribution in [0, 0.1) is 0 Å². The number of aryl methyl sites for hydroxylation is 2. The molecule has 0 aliphatic heterocycles. The van der Waals surface area contributed by atoms with Crippen LogP contribution in [0.25, 0.3) is 11.4 Å². The Bertz CT molecular complexity index is 809. The van der Waals surface area contributed by atoms with Gasteiger partial charge in [0.25, 0.3) is 5.91 Å². The number of hydrogen-bond donors (Lipinski definition) is 1. The molecule has 22 heavy (non-hydrogen) atoms. The monoisotopic (exact) mass is 314 g/mol. The zero-order valence-corrected chi connectivity index (χ0v) is 13.0. The van der Waals surface area contributed by atoms with Gasteiger partial charge in [-0.05, 0) is 29.0 Å². The predicted molar refractivity (Wildman–Crippen MR) is 83.7 cm³/mol. The van der Waals surface area contributed by atoms with Gasteiger partial charge in [0.1, 0.15) is 4.88 Å². The highest BCUT2D eigenvalue weighted by Crippen LogP contribution is 2.21. The van der Waals surface area contributed by atoms with Crippen LogP contribution < -0.4 is 5.32 Å². The lowest BCUT2D eigenvalue weighted by atomic mass is 10.2. The van der Waals surface area contributed by atoms with E-state index in [1.165, 1.54) is 11.3 Å². The van der Waals surface area contributed by atoms with E-state index in [0.29, 0.717) is 16.4 Å². The van der Waals surface area contributed by atoms with Gasteiger partial charge in [-0.3, -0.25) is 4.79 Å². The van der Waals surface area contributed by atoms with E-state index in [1.807, 2.05) is 31.2 Å². The van der Waals surface area contributed by atoms with Gasteiger partial charge in [0, 0.05) is 18.3 Å². The Kier molecular flexibility index (Phi) is 3.92. The molecule has 3 aromatic rings. The number of rotatable bonds is 4. The second-order valence-electron chi connectivity index (χ2n) is 4.63. The molecule has 1 amide bonds. The van der Waals surface area contributed by atoms with Crippen LogP contribution in [0.15, 0.2) is 30.5 Å². The molecule has 0 saturated heterocycles. The van der Waals surface area contributed by atoms with Gasteiger partial charge in [-0.15, -0.1) is 16.4 Å². The van der Waals surface area contributed by atoms with Crippen LogP contribution in [0.5, 0.6) is 0 Å². The van der Waals surface area contributed by atoms with Crippen molar-refractivity contribution >= 4 is 22.9 Å². The molecule has 0 unspecified atom stereocenters. The van der Waals surface area contributed by atoms with Gasteiger partial charge in [-0.1, -0.05) is 19.1 Å². The second-order valence-corrected chi connectivity index (χ2v) is 5.75. The molecule has 8 heteroatoms. The smallest absolute Gasteiger partial charge is 0.267 e. The van der Waals surface area contributed by atoms with Crippen LogP contribution in [-0.4, -0.2) is 31.1 Å². The lowest BCUT2D eigenvalue weighted by Crippen LogP contribution is -2.10. The van der Waals surface area contributed by atoms with Crippen molar-refractivity contribution in [1.29, 1.82) is 0 Å². The van der Waals surface area contributed by atoms with Crippen molar-refractivity contribution < 1.29 is 4.79 Å². The first-order valence-corrected chi connectivity index (χ1v) is 7.58. The summed E-state index contributed by atoms with van der Waals surface area (Å²) in [6.07, 6.45) is 2.43. The maximum absolute atomic E-state index is 12.2. The van der Waals surface area contributed by atoms with Crippen molar-refractivity contribution in [3.8, 4) is 11.4 Å². The highest BCUT2D eigenvalue weighted by Gasteiger charge is 2.12. The number of thiazole rings is 1. The molecule has 0 bridgehead atoms. The standard InChI is InChI=1S/C14H14N6OS/c1-3-12-15-8-11(22-12)14(21)16-10-6-4-5-9(7-10)13-17-18-19-20(13)2/h4-8H,3H2,1-2H3,(H,16,21). The molecule has 0 saturated carbocycles. The number of nitrogens with zero attached hydrogens (tertiary/aromatic N) is 5. The molecule has 1 N–H and O–H groups in total. The number of tetrazole rings is 1. The van der Waals surface area contributed by atoms with Gasteiger partial charge in [0.05, 0.1) is 11.2 Å². The summed E-state index contributed by atoms with van der Waals surface area (Å²) >= 11 is 1.41. The first kappa shape index (κ1) is 14.3. The van der Waals surface area contributed by atoms with Crippen molar-refractivity contribution in [2.45, 2.75) is 13.3 Å². The summed E-state index contributed by atoms with van der Waals surface area (Å²) in [6.45, 7) is 2.01. The molecular formula is C14H14N6OS. The van der Waals surface area contributed by atoms with Gasteiger partial charge in [-0.2, -0.15) is 0 Å². The fraction of sp³-hybridized carbons (Fsp3) is 0.214. The van der Waals surface area contributed by atoms with Gasteiger partial charge in [-0.25, -0.2) is 9.67 Å². The zero-order chi connectivity index (χ0) is 15.5. The number of benzene rings is 1. The van der Waals surface area contributed by atoms with Crippen LogP contribution in [0.4, 0.5) is 5.69 Å². The SMILES string of the molecule is CCc1ncc(C(=O)Nc2cccc(-c3nnnn3C)c2)s1. The van der Waals surface area contributed by atoms with Crippen molar-refractivity contribution in [2.24, 2.45) is 7.05 Å². The van der Waals surface area contributed by atoms with Crippen molar-refractivity contribution in [1.82, 2.24) is 25.2 Å². The molecule has 0 spiro atoms. The number of nitrogens with one attached hydrogen (secondary N) is 1. The lowest BCUT2D eigenvalue weighted by Gasteiger charge is -2.05. The summed E-state index contributed by atoms with van der Waals surface area (Å²) in [4.78, 5) is 17.0. The highest BCUT2D eigenvalue weighted by molar-refractivity contribution is 7.13. The first-order chi connectivity index (χ1) is 10.7. The Morgan fingerprint density at radius 2 is 2.27 bits per heavy atom. The molecule has 0 fully saturated rings. The number of amides is 1. The van der Waals surface area contributed by atoms with Gasteiger partial charge in [0.2, 0.25) is 0 Å². The van der Waals surface area contributed by atoms with Crippen LogP contribution in [-0.2, 0) is 13.5 Å². The molecule has 2 aromatic heterocycles. The predicted octanol–water partition coefficient (Wildman–Crippen LogP) is 2.15. The summed E-state index contributed by atoms with van der Waals surface area (Å²) in [7, 11) is 1.77. The number of anilines is 1. The molecule has 0 aliphatic carbocycles. The van der Waals surface area contributed by atoms with Gasteiger partial charge < -0.3 is 5.32 Å². The maximum Gasteiger partial charge on any atom is 0.267 e. The number of aromatic nitrogens is 5. The molecular weight excluding hydrogens is 300 g/mol. The summed E-state index contributed by atoms with van der Waals surface area (Å²) in [5.41, 5.74) is 1.53. The van der Waals surface area contributed by atoms with Crippen LogP contribution in [0.3, 0.4) is 0 Å². The van der Waals surface area contributed by atoms with E-state index in [2.05, 4.69) is 25.8 Å². The lowest BCUT2D eigenvalue weighted by molar-refractivity contribution is 0.103.